The van der Waals surface area contributed by atoms with E-state index in [1.54, 1.807) is 6.33 Å². The monoisotopic (exact) mass is 312 g/mol. The molecule has 0 saturated carbocycles. The highest BCUT2D eigenvalue weighted by atomic mass is 15.2. The third kappa shape index (κ3) is 3.77. The molecule has 0 fully saturated rings. The molecule has 0 aliphatic heterocycles. The van der Waals surface area contributed by atoms with E-state index in [2.05, 4.69) is 44.6 Å². The van der Waals surface area contributed by atoms with Gasteiger partial charge in [-0.15, -0.1) is 0 Å². The number of anilines is 2. The van der Waals surface area contributed by atoms with Crippen LogP contribution in [-0.2, 0) is 13.6 Å². The van der Waals surface area contributed by atoms with Gasteiger partial charge in [0.1, 0.15) is 0 Å². The van der Waals surface area contributed by atoms with Gasteiger partial charge in [-0.3, -0.25) is 0 Å². The molecular formula is C17H24N6. The van der Waals surface area contributed by atoms with E-state index >= 15 is 0 Å². The number of benzene rings is 1. The maximum atomic E-state index is 4.56. The number of fused-ring (bicyclic) bond motifs is 1. The zero-order valence-electron chi connectivity index (χ0n) is 12.9. The van der Waals surface area contributed by atoms with Crippen molar-refractivity contribution in [2.24, 2.45) is 7.05 Å². The Morgan fingerprint density at radius 2 is 1.87 bits per heavy atom. The number of nitrogens with one attached hydrogen (secondary N) is 2. The van der Waals surface area contributed by atoms with Crippen LogP contribution in [0.25, 0.3) is 11.2 Å². The van der Waals surface area contributed by atoms with E-state index in [0.29, 0.717) is 12.5 Å². The molecule has 3 rings (SSSR count). The maximum Gasteiger partial charge on any atom is 0.226 e. The molecule has 0 aliphatic carbocycles. The Labute approximate surface area is 137 Å². The average Bonchev–Trinajstić information content (AvgIpc) is 2.93. The van der Waals surface area contributed by atoms with Gasteiger partial charge < -0.3 is 15.2 Å². The fraction of sp³-hybridized carbons (Fsp3) is 0.353. The molecule has 0 bridgehead atoms. The van der Waals surface area contributed by atoms with Crippen molar-refractivity contribution >= 4 is 22.9 Å². The van der Waals surface area contributed by atoms with E-state index in [4.69, 9.17) is 0 Å². The summed E-state index contributed by atoms with van der Waals surface area (Å²) in [5.41, 5.74) is 2.82. The quantitative estimate of drug-likeness (QED) is 0.730. The number of hydrogen-bond donors (Lipinski definition) is 2. The lowest BCUT2D eigenvalue weighted by Gasteiger charge is -2.09. The van der Waals surface area contributed by atoms with Gasteiger partial charge in [0.05, 0.1) is 6.33 Å². The average molecular weight is 312 g/mol. The summed E-state index contributed by atoms with van der Waals surface area (Å²) in [7, 11) is 1.94. The Morgan fingerprint density at radius 3 is 2.61 bits per heavy atom. The first-order valence-electron chi connectivity index (χ1n) is 7.48. The molecule has 0 atom stereocenters. The number of rotatable bonds is 6. The lowest BCUT2D eigenvalue weighted by Crippen LogP contribution is -2.09. The Kier molecular flexibility index (Phi) is 5.51. The second-order valence-corrected chi connectivity index (χ2v) is 5.19. The minimum Gasteiger partial charge on any atom is -0.364 e. The molecule has 0 saturated heterocycles. The fourth-order valence-corrected chi connectivity index (χ4v) is 2.23. The highest BCUT2D eigenvalue weighted by Gasteiger charge is 2.11. The molecule has 6 nitrogen and oxygen atoms in total. The second-order valence-electron chi connectivity index (χ2n) is 5.19. The van der Waals surface area contributed by atoms with Crippen molar-refractivity contribution in [1.82, 2.24) is 19.5 Å². The van der Waals surface area contributed by atoms with Gasteiger partial charge in [0.2, 0.25) is 5.95 Å². The van der Waals surface area contributed by atoms with Crippen LogP contribution in [0, 0.1) is 0 Å². The topological polar surface area (TPSA) is 67.7 Å². The smallest absolute Gasteiger partial charge is 0.226 e. The Balaban J connectivity index is 0.00000192. The normalized spacial score (nSPS) is 10.3. The number of hydrogen-bond acceptors (Lipinski definition) is 5. The molecule has 3 aromatic rings. The summed E-state index contributed by atoms with van der Waals surface area (Å²) in [4.78, 5) is 13.5. The van der Waals surface area contributed by atoms with Crippen LogP contribution in [0.3, 0.4) is 0 Å². The van der Waals surface area contributed by atoms with Crippen LogP contribution < -0.4 is 10.6 Å². The molecule has 2 aromatic heterocycles. The van der Waals surface area contributed by atoms with Crippen LogP contribution in [-0.4, -0.2) is 26.1 Å². The van der Waals surface area contributed by atoms with Gasteiger partial charge >= 0.3 is 0 Å². The third-order valence-corrected chi connectivity index (χ3v) is 3.40. The van der Waals surface area contributed by atoms with Gasteiger partial charge in [-0.05, 0) is 12.0 Å². The van der Waals surface area contributed by atoms with Crippen LogP contribution in [0.5, 0.6) is 0 Å². The van der Waals surface area contributed by atoms with Crippen LogP contribution in [0.4, 0.5) is 11.8 Å². The lowest BCUT2D eigenvalue weighted by molar-refractivity contribution is 0.918. The molecule has 1 aromatic carbocycles. The Hall–Kier alpha value is -2.63. The van der Waals surface area contributed by atoms with Crippen molar-refractivity contribution in [3.05, 3.63) is 42.2 Å². The number of aryl methyl sites for hydroxylation is 1. The highest BCUT2D eigenvalue weighted by molar-refractivity contribution is 5.84. The molecule has 6 heteroatoms. The van der Waals surface area contributed by atoms with E-state index < -0.39 is 0 Å². The van der Waals surface area contributed by atoms with Gasteiger partial charge in [0.25, 0.3) is 0 Å². The first kappa shape index (κ1) is 16.7. The molecule has 0 aliphatic rings. The Bertz CT molecular complexity index is 750. The van der Waals surface area contributed by atoms with E-state index in [0.717, 1.165) is 29.9 Å². The lowest BCUT2D eigenvalue weighted by atomic mass is 10.2. The molecule has 0 amide bonds. The zero-order chi connectivity index (χ0) is 15.4. The van der Waals surface area contributed by atoms with Crippen LogP contribution in [0.15, 0.2) is 36.7 Å². The largest absolute Gasteiger partial charge is 0.364 e. The Morgan fingerprint density at radius 1 is 1.09 bits per heavy atom. The van der Waals surface area contributed by atoms with E-state index in [1.165, 1.54) is 5.56 Å². The minimum absolute atomic E-state index is 0. The first-order chi connectivity index (χ1) is 10.8. The van der Waals surface area contributed by atoms with Crippen molar-refractivity contribution in [2.45, 2.75) is 27.3 Å². The molecular weight excluding hydrogens is 288 g/mol. The van der Waals surface area contributed by atoms with Gasteiger partial charge in [-0.2, -0.15) is 9.97 Å². The third-order valence-electron chi connectivity index (χ3n) is 3.40. The summed E-state index contributed by atoms with van der Waals surface area (Å²) in [6.45, 7) is 3.67. The second kappa shape index (κ2) is 7.58. The molecule has 0 radical (unpaired) electrons. The summed E-state index contributed by atoms with van der Waals surface area (Å²) in [5, 5.41) is 6.61. The molecule has 23 heavy (non-hydrogen) atoms. The molecule has 0 spiro atoms. The van der Waals surface area contributed by atoms with E-state index in [-0.39, 0.29) is 7.43 Å². The van der Waals surface area contributed by atoms with Gasteiger partial charge in [-0.1, -0.05) is 44.7 Å². The minimum atomic E-state index is 0. The van der Waals surface area contributed by atoms with Crippen LogP contribution >= 0.6 is 0 Å². The van der Waals surface area contributed by atoms with Crippen LogP contribution in [0.2, 0.25) is 0 Å². The van der Waals surface area contributed by atoms with Crippen molar-refractivity contribution in [2.75, 3.05) is 17.2 Å². The zero-order valence-corrected chi connectivity index (χ0v) is 12.9. The number of imidazole rings is 1. The first-order valence-corrected chi connectivity index (χ1v) is 7.48. The van der Waals surface area contributed by atoms with Crippen LogP contribution in [0.1, 0.15) is 26.3 Å². The molecule has 2 heterocycles. The maximum absolute atomic E-state index is 4.56. The van der Waals surface area contributed by atoms with Crippen molar-refractivity contribution in [3.8, 4) is 0 Å². The molecule has 122 valence electrons. The predicted molar refractivity (Wildman–Crippen MR) is 95.6 cm³/mol. The SMILES string of the molecule is C.CCCNc1nc(NCc2ccccc2)c2ncn(C)c2n1. The van der Waals surface area contributed by atoms with Crippen molar-refractivity contribution in [1.29, 1.82) is 0 Å². The van der Waals surface area contributed by atoms with Crippen molar-refractivity contribution < 1.29 is 0 Å². The summed E-state index contributed by atoms with van der Waals surface area (Å²) < 4.78 is 1.90. The number of nitrogens with zero attached hydrogens (tertiary/aromatic N) is 4. The van der Waals surface area contributed by atoms with E-state index in [1.807, 2.05) is 29.8 Å². The molecule has 0 unspecified atom stereocenters. The summed E-state index contributed by atoms with van der Waals surface area (Å²) in [5.74, 6) is 1.39. The fourth-order valence-electron chi connectivity index (χ4n) is 2.23. The molecule has 2 N–H and O–H groups in total. The van der Waals surface area contributed by atoms with Gasteiger partial charge in [-0.25, -0.2) is 4.98 Å². The van der Waals surface area contributed by atoms with Gasteiger partial charge in [0, 0.05) is 20.1 Å². The number of aromatic nitrogens is 4. The summed E-state index contributed by atoms with van der Waals surface area (Å²) >= 11 is 0. The summed E-state index contributed by atoms with van der Waals surface area (Å²) in [6, 6.07) is 10.2. The summed E-state index contributed by atoms with van der Waals surface area (Å²) in [6.07, 6.45) is 2.79. The van der Waals surface area contributed by atoms with Gasteiger partial charge in [0.15, 0.2) is 17.0 Å². The predicted octanol–water partition coefficient (Wildman–Crippen LogP) is 3.43. The van der Waals surface area contributed by atoms with E-state index in [9.17, 15) is 0 Å². The standard InChI is InChI=1S/C16H20N6.CH4/c1-3-9-17-16-20-14(13-15(21-16)22(2)11-19-13)18-10-12-7-5-4-6-8-12;/h4-8,11H,3,9-10H2,1-2H3,(H2,17,18,20,21);1H4. The highest BCUT2D eigenvalue weighted by Crippen LogP contribution is 2.20. The van der Waals surface area contributed by atoms with Crippen molar-refractivity contribution in [3.63, 3.8) is 0 Å².